The quantitative estimate of drug-likeness (QED) is 0.484. The summed E-state index contributed by atoms with van der Waals surface area (Å²) in [5, 5.41) is 3.25. The molecule has 0 aliphatic carbocycles. The summed E-state index contributed by atoms with van der Waals surface area (Å²) in [7, 11) is -2.29. The lowest BCUT2D eigenvalue weighted by atomic mass is 10.1. The van der Waals surface area contributed by atoms with E-state index < -0.39 is 28.5 Å². The summed E-state index contributed by atoms with van der Waals surface area (Å²) in [6.07, 6.45) is 1.77. The second kappa shape index (κ2) is 12.3. The maximum absolute atomic E-state index is 13.6. The van der Waals surface area contributed by atoms with Gasteiger partial charge in [-0.15, -0.1) is 0 Å². The lowest BCUT2D eigenvalue weighted by Gasteiger charge is -2.32. The molecule has 1 N–H and O–H groups in total. The van der Waals surface area contributed by atoms with E-state index in [0.717, 1.165) is 22.5 Å². The first-order valence-electron chi connectivity index (χ1n) is 11.3. The Morgan fingerprint density at radius 2 is 1.83 bits per heavy atom. The number of carbonyl (C=O) groups is 2. The van der Waals surface area contributed by atoms with Crippen LogP contribution in [0.4, 0.5) is 5.69 Å². The standard InChI is InChI=1S/C25H34ClN3O5S/c1-7-18(3)27-25(31)19(4)28(15-20-9-8-10-22(13-20)34-5)24(30)16-29(35(6,32)33)23-14-21(26)12-11-17(23)2/h8-14,18-19H,7,15-16H2,1-6H3,(H,27,31). The molecule has 10 heteroatoms. The van der Waals surface area contributed by atoms with Gasteiger partial charge < -0.3 is 15.0 Å². The number of nitrogens with one attached hydrogen (secondary N) is 1. The average molecular weight is 524 g/mol. The van der Waals surface area contributed by atoms with Crippen molar-refractivity contribution in [3.63, 3.8) is 0 Å². The number of amides is 2. The molecular formula is C25H34ClN3O5S. The number of halogens is 1. The number of hydrogen-bond acceptors (Lipinski definition) is 5. The maximum Gasteiger partial charge on any atom is 0.244 e. The van der Waals surface area contributed by atoms with E-state index >= 15 is 0 Å². The van der Waals surface area contributed by atoms with Crippen LogP contribution in [0.25, 0.3) is 0 Å². The summed E-state index contributed by atoms with van der Waals surface area (Å²) in [4.78, 5) is 27.9. The van der Waals surface area contributed by atoms with Gasteiger partial charge in [0.1, 0.15) is 18.3 Å². The van der Waals surface area contributed by atoms with Crippen molar-refractivity contribution in [2.45, 2.75) is 52.7 Å². The first kappa shape index (κ1) is 28.5. The molecule has 0 bridgehead atoms. The smallest absolute Gasteiger partial charge is 0.244 e. The van der Waals surface area contributed by atoms with Crippen molar-refractivity contribution in [1.29, 1.82) is 0 Å². The molecule has 2 amide bonds. The molecule has 0 saturated carbocycles. The van der Waals surface area contributed by atoms with Gasteiger partial charge in [0.2, 0.25) is 21.8 Å². The molecular weight excluding hydrogens is 490 g/mol. The Morgan fingerprint density at radius 3 is 2.43 bits per heavy atom. The molecule has 0 heterocycles. The van der Waals surface area contributed by atoms with E-state index in [2.05, 4.69) is 5.32 Å². The Kier molecular flexibility index (Phi) is 9.97. The van der Waals surface area contributed by atoms with E-state index in [1.54, 1.807) is 51.3 Å². The van der Waals surface area contributed by atoms with Gasteiger partial charge in [-0.3, -0.25) is 13.9 Å². The average Bonchev–Trinajstić information content (AvgIpc) is 2.81. The molecule has 0 fully saturated rings. The van der Waals surface area contributed by atoms with Gasteiger partial charge in [-0.2, -0.15) is 0 Å². The molecule has 0 saturated heterocycles. The number of anilines is 1. The van der Waals surface area contributed by atoms with E-state index in [1.165, 1.54) is 11.0 Å². The van der Waals surface area contributed by atoms with Crippen molar-refractivity contribution in [3.05, 3.63) is 58.6 Å². The Morgan fingerprint density at radius 1 is 1.14 bits per heavy atom. The molecule has 192 valence electrons. The third kappa shape index (κ3) is 7.86. The number of aryl methyl sites for hydroxylation is 1. The van der Waals surface area contributed by atoms with Gasteiger partial charge in [0.05, 0.1) is 19.1 Å². The predicted molar refractivity (Wildman–Crippen MR) is 139 cm³/mol. The summed E-state index contributed by atoms with van der Waals surface area (Å²) in [5.74, 6) is -0.233. The fourth-order valence-corrected chi connectivity index (χ4v) is 4.53. The van der Waals surface area contributed by atoms with Crippen molar-refractivity contribution < 1.29 is 22.7 Å². The predicted octanol–water partition coefficient (Wildman–Crippen LogP) is 3.76. The van der Waals surface area contributed by atoms with Crippen LogP contribution < -0.4 is 14.4 Å². The number of methoxy groups -OCH3 is 1. The number of carbonyl (C=O) groups excluding carboxylic acids is 2. The van der Waals surface area contributed by atoms with Gasteiger partial charge in [0.15, 0.2) is 0 Å². The number of rotatable bonds is 11. The van der Waals surface area contributed by atoms with Crippen LogP contribution in [0.3, 0.4) is 0 Å². The molecule has 0 aliphatic rings. The Labute approximate surface area is 213 Å². The first-order chi connectivity index (χ1) is 16.4. The SMILES string of the molecule is CCC(C)NC(=O)C(C)N(Cc1cccc(OC)c1)C(=O)CN(c1cc(Cl)ccc1C)S(C)(=O)=O. The van der Waals surface area contributed by atoms with Crippen molar-refractivity contribution >= 4 is 39.1 Å². The zero-order valence-corrected chi connectivity index (χ0v) is 22.6. The number of benzene rings is 2. The topological polar surface area (TPSA) is 96.0 Å². The van der Waals surface area contributed by atoms with Gasteiger partial charge in [-0.1, -0.05) is 36.7 Å². The highest BCUT2D eigenvalue weighted by Gasteiger charge is 2.31. The van der Waals surface area contributed by atoms with Crippen LogP contribution in [0.5, 0.6) is 5.75 Å². The summed E-state index contributed by atoms with van der Waals surface area (Å²) < 4.78 is 31.7. The van der Waals surface area contributed by atoms with E-state index in [1.807, 2.05) is 19.9 Å². The van der Waals surface area contributed by atoms with Gasteiger partial charge in [0.25, 0.3) is 0 Å². The third-order valence-corrected chi connectivity index (χ3v) is 7.14. The highest BCUT2D eigenvalue weighted by molar-refractivity contribution is 7.92. The molecule has 2 unspecified atom stereocenters. The molecule has 0 radical (unpaired) electrons. The third-order valence-electron chi connectivity index (χ3n) is 5.77. The molecule has 0 aromatic heterocycles. The highest BCUT2D eigenvalue weighted by atomic mass is 35.5. The van der Waals surface area contributed by atoms with E-state index in [9.17, 15) is 18.0 Å². The summed E-state index contributed by atoms with van der Waals surface area (Å²) in [5.41, 5.74) is 1.70. The number of sulfonamides is 1. The van der Waals surface area contributed by atoms with Crippen molar-refractivity contribution in [2.75, 3.05) is 24.2 Å². The van der Waals surface area contributed by atoms with E-state index in [-0.39, 0.29) is 18.5 Å². The second-order valence-electron chi connectivity index (χ2n) is 8.57. The molecule has 2 rings (SSSR count). The van der Waals surface area contributed by atoms with Crippen LogP contribution in [0, 0.1) is 6.92 Å². The largest absolute Gasteiger partial charge is 0.497 e. The molecule has 35 heavy (non-hydrogen) atoms. The minimum Gasteiger partial charge on any atom is -0.497 e. The van der Waals surface area contributed by atoms with E-state index in [4.69, 9.17) is 16.3 Å². The number of nitrogens with zero attached hydrogens (tertiary/aromatic N) is 2. The van der Waals surface area contributed by atoms with Gasteiger partial charge >= 0.3 is 0 Å². The Bertz CT molecular complexity index is 1160. The van der Waals surface area contributed by atoms with Gasteiger partial charge in [-0.25, -0.2) is 8.42 Å². The van der Waals surface area contributed by atoms with Crippen LogP contribution in [-0.4, -0.2) is 57.1 Å². The zero-order chi connectivity index (χ0) is 26.3. The van der Waals surface area contributed by atoms with Crippen LogP contribution >= 0.6 is 11.6 Å². The van der Waals surface area contributed by atoms with E-state index in [0.29, 0.717) is 22.0 Å². The second-order valence-corrected chi connectivity index (χ2v) is 10.9. The van der Waals surface area contributed by atoms with Crippen LogP contribution in [-0.2, 0) is 26.2 Å². The summed E-state index contributed by atoms with van der Waals surface area (Å²) in [6.45, 7) is 6.82. The lowest BCUT2D eigenvalue weighted by molar-refractivity contribution is -0.139. The molecule has 2 aromatic rings. The summed E-state index contributed by atoms with van der Waals surface area (Å²) >= 11 is 6.12. The first-order valence-corrected chi connectivity index (χ1v) is 13.6. The zero-order valence-electron chi connectivity index (χ0n) is 21.0. The maximum atomic E-state index is 13.6. The summed E-state index contributed by atoms with van der Waals surface area (Å²) in [6, 6.07) is 11.1. The lowest BCUT2D eigenvalue weighted by Crippen LogP contribution is -2.52. The fraction of sp³-hybridized carbons (Fsp3) is 0.440. The Hall–Kier alpha value is -2.78. The van der Waals surface area contributed by atoms with Crippen molar-refractivity contribution in [2.24, 2.45) is 0 Å². The van der Waals surface area contributed by atoms with Gasteiger partial charge in [0, 0.05) is 17.6 Å². The molecule has 2 aromatic carbocycles. The minimum absolute atomic E-state index is 0.0691. The Balaban J connectivity index is 2.44. The number of hydrogen-bond donors (Lipinski definition) is 1. The van der Waals surface area contributed by atoms with Crippen LogP contribution in [0.1, 0.15) is 38.3 Å². The molecule has 0 spiro atoms. The van der Waals surface area contributed by atoms with Crippen LogP contribution in [0.15, 0.2) is 42.5 Å². The van der Waals surface area contributed by atoms with Crippen molar-refractivity contribution in [3.8, 4) is 5.75 Å². The number of ether oxygens (including phenoxy) is 1. The fourth-order valence-electron chi connectivity index (χ4n) is 3.46. The highest BCUT2D eigenvalue weighted by Crippen LogP contribution is 2.27. The normalized spacial score (nSPS) is 13.0. The van der Waals surface area contributed by atoms with Gasteiger partial charge in [-0.05, 0) is 62.6 Å². The van der Waals surface area contributed by atoms with Crippen LogP contribution in [0.2, 0.25) is 5.02 Å². The minimum atomic E-state index is -3.83. The van der Waals surface area contributed by atoms with Crippen molar-refractivity contribution in [1.82, 2.24) is 10.2 Å². The monoisotopic (exact) mass is 523 g/mol. The molecule has 0 aliphatic heterocycles. The molecule has 2 atom stereocenters. The molecule has 8 nitrogen and oxygen atoms in total.